The average Bonchev–Trinajstić information content (AvgIpc) is 2.80. The highest BCUT2D eigenvalue weighted by Crippen LogP contribution is 2.27. The van der Waals surface area contributed by atoms with E-state index in [0.29, 0.717) is 27.8 Å². The smallest absolute Gasteiger partial charge is 0.257 e. The molecule has 3 aromatic rings. The molecule has 0 aliphatic heterocycles. The number of anilines is 3. The maximum absolute atomic E-state index is 13.1. The first-order valence-corrected chi connectivity index (χ1v) is 10.9. The van der Waals surface area contributed by atoms with Crippen LogP contribution >= 0.6 is 11.6 Å². The van der Waals surface area contributed by atoms with Gasteiger partial charge in [0.1, 0.15) is 11.6 Å². The minimum absolute atomic E-state index is 0.0736. The summed E-state index contributed by atoms with van der Waals surface area (Å²) in [7, 11) is 3.09. The summed E-state index contributed by atoms with van der Waals surface area (Å²) in [6.45, 7) is -0.177. The van der Waals surface area contributed by atoms with Crippen LogP contribution in [0.1, 0.15) is 10.4 Å². The lowest BCUT2D eigenvalue weighted by molar-refractivity contribution is -0.119. The molecule has 0 aliphatic carbocycles. The van der Waals surface area contributed by atoms with Gasteiger partial charge in [0.2, 0.25) is 11.8 Å². The third-order valence-electron chi connectivity index (χ3n) is 4.81. The molecule has 0 unspecified atom stereocenters. The van der Waals surface area contributed by atoms with Crippen molar-refractivity contribution in [3.8, 4) is 5.75 Å². The topological polar surface area (TPSA) is 99.8 Å². The fourth-order valence-corrected chi connectivity index (χ4v) is 3.40. The summed E-state index contributed by atoms with van der Waals surface area (Å²) in [5, 5.41) is 8.51. The van der Waals surface area contributed by atoms with E-state index in [9.17, 15) is 18.8 Å². The van der Waals surface area contributed by atoms with E-state index in [1.165, 1.54) is 36.3 Å². The first-order valence-electron chi connectivity index (χ1n) is 10.5. The van der Waals surface area contributed by atoms with Crippen molar-refractivity contribution in [1.29, 1.82) is 0 Å². The van der Waals surface area contributed by atoms with Gasteiger partial charge >= 0.3 is 0 Å². The summed E-state index contributed by atoms with van der Waals surface area (Å²) in [6, 6.07) is 16.7. The third-order valence-corrected chi connectivity index (χ3v) is 5.05. The molecular formula is C25H24ClFN4O4. The van der Waals surface area contributed by atoms with Crippen molar-refractivity contribution in [2.75, 3.05) is 43.2 Å². The van der Waals surface area contributed by atoms with E-state index in [1.807, 2.05) is 0 Å². The van der Waals surface area contributed by atoms with Gasteiger partial charge < -0.3 is 20.7 Å². The maximum atomic E-state index is 13.1. The molecule has 0 aromatic heterocycles. The molecule has 0 fully saturated rings. The fourth-order valence-electron chi connectivity index (χ4n) is 3.23. The zero-order valence-electron chi connectivity index (χ0n) is 19.1. The summed E-state index contributed by atoms with van der Waals surface area (Å²) in [5.74, 6) is -1.20. The molecule has 3 N–H and O–H groups in total. The number of amides is 3. The van der Waals surface area contributed by atoms with Crippen molar-refractivity contribution in [2.24, 2.45) is 0 Å². The predicted molar refractivity (Wildman–Crippen MR) is 134 cm³/mol. The van der Waals surface area contributed by atoms with Crippen LogP contribution in [-0.2, 0) is 9.59 Å². The van der Waals surface area contributed by atoms with Gasteiger partial charge in [-0.15, -0.1) is 0 Å². The lowest BCUT2D eigenvalue weighted by Crippen LogP contribution is -2.36. The number of carbonyl (C=O) groups excluding carboxylic acids is 3. The SMILES string of the molecule is COc1ccc(Cl)cc1NC(=O)CN(C)CC(=O)Nc1ccccc1C(=O)Nc1ccc(F)cc1. The lowest BCUT2D eigenvalue weighted by Gasteiger charge is -2.17. The van der Waals surface area contributed by atoms with E-state index in [1.54, 1.807) is 49.5 Å². The molecule has 3 rings (SSSR count). The van der Waals surface area contributed by atoms with Gasteiger partial charge in [0.05, 0.1) is 37.1 Å². The number of nitrogens with zero attached hydrogens (tertiary/aromatic N) is 1. The van der Waals surface area contributed by atoms with Crippen LogP contribution < -0.4 is 20.7 Å². The summed E-state index contributed by atoms with van der Waals surface area (Å²) >= 11 is 5.98. The number of ether oxygens (including phenoxy) is 1. The number of halogens is 2. The summed E-state index contributed by atoms with van der Waals surface area (Å²) < 4.78 is 18.3. The molecule has 0 radical (unpaired) electrons. The van der Waals surface area contributed by atoms with E-state index >= 15 is 0 Å². The summed E-state index contributed by atoms with van der Waals surface area (Å²) in [5.41, 5.74) is 1.38. The molecule has 35 heavy (non-hydrogen) atoms. The second-order valence-corrected chi connectivity index (χ2v) is 8.06. The molecule has 0 atom stereocenters. The van der Waals surface area contributed by atoms with Crippen LogP contribution in [0.3, 0.4) is 0 Å². The van der Waals surface area contributed by atoms with Crippen LogP contribution in [0.5, 0.6) is 5.75 Å². The van der Waals surface area contributed by atoms with Crippen molar-refractivity contribution in [2.45, 2.75) is 0 Å². The van der Waals surface area contributed by atoms with E-state index in [-0.39, 0.29) is 24.6 Å². The molecule has 0 aliphatic rings. The van der Waals surface area contributed by atoms with Gasteiger partial charge in [-0.05, 0) is 61.6 Å². The van der Waals surface area contributed by atoms with Gasteiger partial charge in [-0.25, -0.2) is 4.39 Å². The van der Waals surface area contributed by atoms with E-state index in [0.717, 1.165) is 0 Å². The van der Waals surface area contributed by atoms with Crippen LogP contribution in [-0.4, -0.2) is 49.9 Å². The highest BCUT2D eigenvalue weighted by molar-refractivity contribution is 6.31. The van der Waals surface area contributed by atoms with E-state index in [2.05, 4.69) is 16.0 Å². The summed E-state index contributed by atoms with van der Waals surface area (Å²) in [4.78, 5) is 39.2. The normalized spacial score (nSPS) is 10.5. The Hall–Kier alpha value is -3.95. The number of carbonyl (C=O) groups is 3. The Morgan fingerprint density at radius 2 is 1.51 bits per heavy atom. The van der Waals surface area contributed by atoms with Crippen molar-refractivity contribution in [3.05, 3.63) is 83.1 Å². The number of nitrogens with one attached hydrogen (secondary N) is 3. The number of benzene rings is 3. The minimum atomic E-state index is -0.462. The number of likely N-dealkylation sites (N-methyl/N-ethyl adjacent to an activating group) is 1. The van der Waals surface area contributed by atoms with Crippen LogP contribution in [0, 0.1) is 5.82 Å². The van der Waals surface area contributed by atoms with Crippen molar-refractivity contribution >= 4 is 46.4 Å². The number of hydrogen-bond donors (Lipinski definition) is 3. The van der Waals surface area contributed by atoms with Crippen molar-refractivity contribution in [3.63, 3.8) is 0 Å². The highest BCUT2D eigenvalue weighted by atomic mass is 35.5. The van der Waals surface area contributed by atoms with Crippen LogP contribution in [0.25, 0.3) is 0 Å². The molecular weight excluding hydrogens is 475 g/mol. The van der Waals surface area contributed by atoms with Gasteiger partial charge in [0.25, 0.3) is 5.91 Å². The number of methoxy groups -OCH3 is 1. The van der Waals surface area contributed by atoms with E-state index < -0.39 is 17.6 Å². The molecule has 0 bridgehead atoms. The first kappa shape index (κ1) is 25.7. The standard InChI is InChI=1S/C25H24ClFN4O4/c1-31(15-24(33)30-21-13-16(26)7-12-22(21)35-2)14-23(32)29-20-6-4-3-5-19(20)25(34)28-18-10-8-17(27)9-11-18/h3-13H,14-15H2,1-2H3,(H,28,34)(H,29,32)(H,30,33). The molecule has 3 amide bonds. The van der Waals surface area contributed by atoms with Crippen LogP contribution in [0.2, 0.25) is 5.02 Å². The van der Waals surface area contributed by atoms with Crippen molar-refractivity contribution < 1.29 is 23.5 Å². The Kier molecular flexibility index (Phi) is 8.77. The second-order valence-electron chi connectivity index (χ2n) is 7.62. The predicted octanol–water partition coefficient (Wildman–Crippen LogP) is 4.25. The van der Waals surface area contributed by atoms with Gasteiger partial charge in [-0.1, -0.05) is 23.7 Å². The van der Waals surface area contributed by atoms with Crippen LogP contribution in [0.15, 0.2) is 66.7 Å². The fraction of sp³-hybridized carbons (Fsp3) is 0.160. The first-order chi connectivity index (χ1) is 16.7. The average molecular weight is 499 g/mol. The van der Waals surface area contributed by atoms with Crippen molar-refractivity contribution in [1.82, 2.24) is 4.90 Å². The van der Waals surface area contributed by atoms with E-state index in [4.69, 9.17) is 16.3 Å². The molecule has 10 heteroatoms. The maximum Gasteiger partial charge on any atom is 0.257 e. The zero-order valence-corrected chi connectivity index (χ0v) is 19.9. The summed E-state index contributed by atoms with van der Waals surface area (Å²) in [6.07, 6.45) is 0. The Bertz CT molecular complexity index is 1220. The van der Waals surface area contributed by atoms with Gasteiger partial charge in [0, 0.05) is 10.7 Å². The largest absolute Gasteiger partial charge is 0.495 e. The Morgan fingerprint density at radius 3 is 2.17 bits per heavy atom. The number of para-hydroxylation sites is 1. The Balaban J connectivity index is 1.57. The molecule has 0 saturated carbocycles. The van der Waals surface area contributed by atoms with Gasteiger partial charge in [-0.3, -0.25) is 19.3 Å². The minimum Gasteiger partial charge on any atom is -0.495 e. The number of hydrogen-bond acceptors (Lipinski definition) is 5. The molecule has 0 spiro atoms. The quantitative estimate of drug-likeness (QED) is 0.409. The molecule has 3 aromatic carbocycles. The molecule has 8 nitrogen and oxygen atoms in total. The highest BCUT2D eigenvalue weighted by Gasteiger charge is 2.16. The van der Waals surface area contributed by atoms with Gasteiger partial charge in [0.15, 0.2) is 0 Å². The Morgan fingerprint density at radius 1 is 0.886 bits per heavy atom. The molecule has 182 valence electrons. The second kappa shape index (κ2) is 12.0. The molecule has 0 saturated heterocycles. The zero-order chi connectivity index (χ0) is 25.4. The monoisotopic (exact) mass is 498 g/mol. The van der Waals surface area contributed by atoms with Crippen LogP contribution in [0.4, 0.5) is 21.5 Å². The number of rotatable bonds is 9. The Labute approximate surface area is 207 Å². The van der Waals surface area contributed by atoms with Gasteiger partial charge in [-0.2, -0.15) is 0 Å². The lowest BCUT2D eigenvalue weighted by atomic mass is 10.1. The molecule has 0 heterocycles. The third kappa shape index (κ3) is 7.53.